The maximum absolute atomic E-state index is 12.8. The summed E-state index contributed by atoms with van der Waals surface area (Å²) in [5, 5.41) is 16.2. The predicted octanol–water partition coefficient (Wildman–Crippen LogP) is 3.70. The lowest BCUT2D eigenvalue weighted by molar-refractivity contribution is 0.0844. The molecular formula is C25H19N5O3. The second-order valence-corrected chi connectivity index (χ2v) is 7.01. The number of amides is 2. The van der Waals surface area contributed by atoms with Gasteiger partial charge in [0, 0.05) is 16.7 Å². The Hall–Kier alpha value is -4.90. The van der Waals surface area contributed by atoms with E-state index in [1.54, 1.807) is 73.8 Å². The highest BCUT2D eigenvalue weighted by molar-refractivity contribution is 6.03. The van der Waals surface area contributed by atoms with Crippen LogP contribution in [0.25, 0.3) is 22.4 Å². The summed E-state index contributed by atoms with van der Waals surface area (Å²) in [6.45, 7) is 0. The molecule has 4 aromatic rings. The number of hydrogen-bond donors (Lipinski definition) is 3. The van der Waals surface area contributed by atoms with Crippen molar-refractivity contribution in [1.29, 1.82) is 5.26 Å². The number of nitrogens with zero attached hydrogens (tertiary/aromatic N) is 2. The number of hydrazine groups is 1. The number of benzene rings is 3. The molecule has 3 N–H and O–H groups in total. The first-order chi connectivity index (χ1) is 16.1. The fourth-order valence-electron chi connectivity index (χ4n) is 3.33. The van der Waals surface area contributed by atoms with Crippen LogP contribution in [0.2, 0.25) is 0 Å². The van der Waals surface area contributed by atoms with Crippen LogP contribution in [0.15, 0.2) is 78.9 Å². The van der Waals surface area contributed by atoms with Crippen LogP contribution in [0.3, 0.4) is 0 Å². The molecule has 0 fully saturated rings. The Morgan fingerprint density at radius 1 is 0.909 bits per heavy atom. The average Bonchev–Trinajstić information content (AvgIpc) is 3.37. The van der Waals surface area contributed by atoms with Gasteiger partial charge in [-0.25, -0.2) is 0 Å². The predicted molar refractivity (Wildman–Crippen MR) is 122 cm³/mol. The highest BCUT2D eigenvalue weighted by Crippen LogP contribution is 2.27. The van der Waals surface area contributed by atoms with Crippen molar-refractivity contribution in [2.24, 2.45) is 0 Å². The van der Waals surface area contributed by atoms with Crippen molar-refractivity contribution in [3.63, 3.8) is 0 Å². The molecule has 0 aliphatic rings. The van der Waals surface area contributed by atoms with Gasteiger partial charge in [-0.3, -0.25) is 25.5 Å². The molecule has 0 saturated carbocycles. The quantitative estimate of drug-likeness (QED) is 0.411. The van der Waals surface area contributed by atoms with E-state index in [4.69, 9.17) is 4.74 Å². The molecule has 33 heavy (non-hydrogen) atoms. The first kappa shape index (κ1) is 21.3. The van der Waals surface area contributed by atoms with E-state index < -0.39 is 11.8 Å². The van der Waals surface area contributed by atoms with Crippen LogP contribution in [-0.4, -0.2) is 29.1 Å². The van der Waals surface area contributed by atoms with E-state index in [0.29, 0.717) is 33.7 Å². The Balaban J connectivity index is 1.47. The highest BCUT2D eigenvalue weighted by Gasteiger charge is 2.17. The topological polar surface area (TPSA) is 120 Å². The van der Waals surface area contributed by atoms with E-state index in [0.717, 1.165) is 5.56 Å². The van der Waals surface area contributed by atoms with E-state index in [1.807, 2.05) is 12.1 Å². The van der Waals surface area contributed by atoms with Gasteiger partial charge in [0.25, 0.3) is 11.8 Å². The molecule has 0 spiro atoms. The number of H-pyrrole nitrogens is 1. The largest absolute Gasteiger partial charge is 0.497 e. The second-order valence-electron chi connectivity index (χ2n) is 7.01. The molecule has 0 aliphatic heterocycles. The molecule has 2 amide bonds. The number of nitriles is 1. The smallest absolute Gasteiger partial charge is 0.287 e. The third kappa shape index (κ3) is 4.57. The Bertz CT molecular complexity index is 1350. The number of ether oxygens (including phenoxy) is 1. The molecule has 8 heteroatoms. The summed E-state index contributed by atoms with van der Waals surface area (Å²) in [4.78, 5) is 25.3. The van der Waals surface area contributed by atoms with E-state index in [9.17, 15) is 14.9 Å². The highest BCUT2D eigenvalue weighted by atomic mass is 16.5. The molecule has 8 nitrogen and oxygen atoms in total. The van der Waals surface area contributed by atoms with Crippen molar-refractivity contribution in [1.82, 2.24) is 21.0 Å². The van der Waals surface area contributed by atoms with Gasteiger partial charge in [-0.05, 0) is 48.0 Å². The molecule has 1 aromatic heterocycles. The van der Waals surface area contributed by atoms with Crippen LogP contribution in [-0.2, 0) is 0 Å². The van der Waals surface area contributed by atoms with Crippen molar-refractivity contribution in [2.75, 3.05) is 7.11 Å². The number of nitrogens with one attached hydrogen (secondary N) is 3. The molecular weight excluding hydrogens is 418 g/mol. The van der Waals surface area contributed by atoms with Crippen LogP contribution in [0.5, 0.6) is 5.75 Å². The molecule has 0 unspecified atom stereocenters. The maximum Gasteiger partial charge on any atom is 0.287 e. The maximum atomic E-state index is 12.8. The molecule has 4 rings (SSSR count). The van der Waals surface area contributed by atoms with Crippen molar-refractivity contribution in [3.05, 3.63) is 95.7 Å². The van der Waals surface area contributed by atoms with Gasteiger partial charge in [-0.2, -0.15) is 10.4 Å². The summed E-state index contributed by atoms with van der Waals surface area (Å²) in [6, 6.07) is 24.9. The summed E-state index contributed by atoms with van der Waals surface area (Å²) in [7, 11) is 1.58. The third-order valence-electron chi connectivity index (χ3n) is 5.01. The Morgan fingerprint density at radius 3 is 2.30 bits per heavy atom. The van der Waals surface area contributed by atoms with E-state index >= 15 is 0 Å². The van der Waals surface area contributed by atoms with Gasteiger partial charge in [0.15, 0.2) is 0 Å². The van der Waals surface area contributed by atoms with Crippen molar-refractivity contribution >= 4 is 11.8 Å². The molecule has 0 atom stereocenters. The van der Waals surface area contributed by atoms with Gasteiger partial charge < -0.3 is 4.74 Å². The monoisotopic (exact) mass is 437 g/mol. The minimum atomic E-state index is -0.550. The van der Waals surface area contributed by atoms with Crippen LogP contribution in [0.1, 0.15) is 26.4 Å². The van der Waals surface area contributed by atoms with E-state index in [-0.39, 0.29) is 5.69 Å². The van der Waals surface area contributed by atoms with Crippen LogP contribution in [0.4, 0.5) is 0 Å². The fraction of sp³-hybridized carbons (Fsp3) is 0.0400. The van der Waals surface area contributed by atoms with E-state index in [2.05, 4.69) is 27.1 Å². The number of aromatic amines is 1. The standard InChI is InChI=1S/C25H19N5O3/c1-33-18-12-10-16(11-13-18)22-14-23(28-27-22)25(32)30-29-24(31)21-9-5-4-8-20(21)19-7-3-2-6-17(19)15-26/h2-14H,1H3,(H,27,28)(H,29,31)(H,30,32). The van der Waals surface area contributed by atoms with Gasteiger partial charge in [-0.1, -0.05) is 36.4 Å². The van der Waals surface area contributed by atoms with Gasteiger partial charge in [0.05, 0.1) is 24.4 Å². The molecule has 1 heterocycles. The van der Waals surface area contributed by atoms with Crippen LogP contribution in [0, 0.1) is 11.3 Å². The molecule has 0 bridgehead atoms. The Morgan fingerprint density at radius 2 is 1.58 bits per heavy atom. The van der Waals surface area contributed by atoms with Crippen molar-refractivity contribution in [3.8, 4) is 34.2 Å². The summed E-state index contributed by atoms with van der Waals surface area (Å²) in [5.41, 5.74) is 8.38. The lowest BCUT2D eigenvalue weighted by Crippen LogP contribution is -2.42. The zero-order valence-corrected chi connectivity index (χ0v) is 17.6. The third-order valence-corrected chi connectivity index (χ3v) is 5.01. The fourth-order valence-corrected chi connectivity index (χ4v) is 3.33. The average molecular weight is 437 g/mol. The van der Waals surface area contributed by atoms with Crippen molar-refractivity contribution < 1.29 is 14.3 Å². The van der Waals surface area contributed by atoms with Gasteiger partial charge in [0.2, 0.25) is 0 Å². The number of methoxy groups -OCH3 is 1. The Labute approximate surface area is 189 Å². The number of carbonyl (C=O) groups is 2. The van der Waals surface area contributed by atoms with Gasteiger partial charge in [-0.15, -0.1) is 0 Å². The lowest BCUT2D eigenvalue weighted by atomic mass is 9.95. The minimum absolute atomic E-state index is 0.184. The van der Waals surface area contributed by atoms with E-state index in [1.165, 1.54) is 0 Å². The molecule has 0 saturated heterocycles. The molecule has 0 aliphatic carbocycles. The Kier molecular flexibility index (Phi) is 6.14. The SMILES string of the molecule is COc1ccc(-c2cc(C(=O)NNC(=O)c3ccccc3-c3ccccc3C#N)[nH]n2)cc1. The molecule has 0 radical (unpaired) electrons. The normalized spacial score (nSPS) is 10.2. The number of hydrogen-bond acceptors (Lipinski definition) is 5. The zero-order valence-electron chi connectivity index (χ0n) is 17.6. The first-order valence-electron chi connectivity index (χ1n) is 9.99. The molecule has 3 aromatic carbocycles. The minimum Gasteiger partial charge on any atom is -0.497 e. The number of aromatic nitrogens is 2. The number of rotatable bonds is 5. The summed E-state index contributed by atoms with van der Waals surface area (Å²) in [6.07, 6.45) is 0. The second kappa shape index (κ2) is 9.49. The van der Waals surface area contributed by atoms with Crippen molar-refractivity contribution in [2.45, 2.75) is 0 Å². The summed E-state index contributed by atoms with van der Waals surface area (Å²) >= 11 is 0. The number of carbonyl (C=O) groups excluding carboxylic acids is 2. The summed E-state index contributed by atoms with van der Waals surface area (Å²) < 4.78 is 5.14. The lowest BCUT2D eigenvalue weighted by Gasteiger charge is -2.11. The zero-order chi connectivity index (χ0) is 23.2. The van der Waals surface area contributed by atoms with Crippen LogP contribution >= 0.6 is 0 Å². The summed E-state index contributed by atoms with van der Waals surface area (Å²) in [5.74, 6) is -0.347. The first-order valence-corrected chi connectivity index (χ1v) is 9.99. The van der Waals surface area contributed by atoms with Gasteiger partial charge in [0.1, 0.15) is 11.4 Å². The van der Waals surface area contributed by atoms with Crippen LogP contribution < -0.4 is 15.6 Å². The molecule has 162 valence electrons. The van der Waals surface area contributed by atoms with Gasteiger partial charge >= 0.3 is 0 Å².